The standard InChI is InChI=1S/C22H17N3O5S2/c1-10-3-5-15(29-2)19-12(10)8-16(30-19)13-9-31-21(18(13)22(27)28)23-20(26)11-4-6-17-14(7-11)24-25-32-17/h4-10H,3H2,1-2H3,(H,23,26)(H,27,28). The van der Waals surface area contributed by atoms with Gasteiger partial charge in [-0.3, -0.25) is 4.79 Å². The van der Waals surface area contributed by atoms with Gasteiger partial charge in [-0.1, -0.05) is 11.4 Å². The lowest BCUT2D eigenvalue weighted by Gasteiger charge is -2.16. The SMILES string of the molecule is COC1=CCC(C)c2cc(-c3csc(NC(=O)c4ccc5snnc5c4)c3C(=O)O)oc21. The number of ether oxygens (including phenoxy) is 1. The van der Waals surface area contributed by atoms with Crippen LogP contribution in [0.2, 0.25) is 0 Å². The molecular formula is C22H17N3O5S2. The molecule has 0 saturated carbocycles. The number of carboxylic acids is 1. The van der Waals surface area contributed by atoms with Gasteiger partial charge in [-0.05, 0) is 54.2 Å². The van der Waals surface area contributed by atoms with Gasteiger partial charge in [0.15, 0.2) is 11.5 Å². The molecule has 162 valence electrons. The molecule has 3 heterocycles. The van der Waals surface area contributed by atoms with E-state index in [1.165, 1.54) is 11.5 Å². The van der Waals surface area contributed by atoms with Gasteiger partial charge in [-0.2, -0.15) is 0 Å². The van der Waals surface area contributed by atoms with Crippen LogP contribution in [0.25, 0.3) is 27.3 Å². The molecule has 1 aliphatic rings. The van der Waals surface area contributed by atoms with Gasteiger partial charge in [0.05, 0.1) is 11.8 Å². The highest BCUT2D eigenvalue weighted by atomic mass is 32.1. The summed E-state index contributed by atoms with van der Waals surface area (Å²) in [5.41, 5.74) is 2.35. The summed E-state index contributed by atoms with van der Waals surface area (Å²) >= 11 is 2.38. The largest absolute Gasteiger partial charge is 0.493 e. The molecule has 0 spiro atoms. The van der Waals surface area contributed by atoms with E-state index in [2.05, 4.69) is 21.8 Å². The van der Waals surface area contributed by atoms with Crippen molar-refractivity contribution in [3.05, 3.63) is 58.2 Å². The van der Waals surface area contributed by atoms with Crippen molar-refractivity contribution in [2.24, 2.45) is 0 Å². The lowest BCUT2D eigenvalue weighted by molar-refractivity contribution is 0.0699. The van der Waals surface area contributed by atoms with E-state index in [4.69, 9.17) is 9.15 Å². The molecule has 1 aromatic carbocycles. The maximum absolute atomic E-state index is 12.8. The number of anilines is 1. The highest BCUT2D eigenvalue weighted by molar-refractivity contribution is 7.15. The van der Waals surface area contributed by atoms with Gasteiger partial charge in [0.2, 0.25) is 0 Å². The minimum atomic E-state index is -1.15. The van der Waals surface area contributed by atoms with Crippen LogP contribution in [-0.4, -0.2) is 33.7 Å². The van der Waals surface area contributed by atoms with Crippen LogP contribution in [0.1, 0.15) is 51.3 Å². The number of hydrogen-bond acceptors (Lipinski definition) is 8. The number of allylic oxidation sites excluding steroid dienone is 1. The fourth-order valence-corrected chi connectivity index (χ4v) is 5.19. The minimum Gasteiger partial charge on any atom is -0.493 e. The predicted octanol–water partition coefficient (Wildman–Crippen LogP) is 5.46. The molecular weight excluding hydrogens is 450 g/mol. The second-order valence-corrected chi connectivity index (χ2v) is 9.04. The van der Waals surface area contributed by atoms with Gasteiger partial charge >= 0.3 is 5.97 Å². The molecule has 1 amide bonds. The third kappa shape index (κ3) is 3.37. The highest BCUT2D eigenvalue weighted by Crippen LogP contribution is 2.43. The van der Waals surface area contributed by atoms with Gasteiger partial charge in [0, 0.05) is 22.1 Å². The van der Waals surface area contributed by atoms with Crippen molar-refractivity contribution in [1.29, 1.82) is 0 Å². The summed E-state index contributed by atoms with van der Waals surface area (Å²) in [5.74, 6) is 0.322. The number of benzene rings is 1. The second kappa shape index (κ2) is 7.88. The third-order valence-corrected chi connectivity index (χ3v) is 7.00. The van der Waals surface area contributed by atoms with E-state index in [-0.39, 0.29) is 16.5 Å². The van der Waals surface area contributed by atoms with Crippen molar-refractivity contribution in [3.8, 4) is 11.3 Å². The van der Waals surface area contributed by atoms with Crippen molar-refractivity contribution in [2.45, 2.75) is 19.3 Å². The molecule has 3 aromatic heterocycles. The van der Waals surface area contributed by atoms with E-state index in [1.807, 2.05) is 12.1 Å². The molecule has 1 atom stereocenters. The molecule has 5 rings (SSSR count). The predicted molar refractivity (Wildman–Crippen MR) is 122 cm³/mol. The molecule has 10 heteroatoms. The zero-order chi connectivity index (χ0) is 22.4. The van der Waals surface area contributed by atoms with Crippen molar-refractivity contribution in [3.63, 3.8) is 0 Å². The summed E-state index contributed by atoms with van der Waals surface area (Å²) < 4.78 is 16.2. The number of thiophene rings is 1. The van der Waals surface area contributed by atoms with E-state index in [1.54, 1.807) is 30.7 Å². The molecule has 0 radical (unpaired) electrons. The summed E-state index contributed by atoms with van der Waals surface area (Å²) in [6.45, 7) is 2.08. The number of aromatic nitrogens is 2. The average molecular weight is 468 g/mol. The van der Waals surface area contributed by atoms with Crippen molar-refractivity contribution < 1.29 is 23.8 Å². The number of fused-ring (bicyclic) bond motifs is 2. The van der Waals surface area contributed by atoms with Crippen molar-refractivity contribution in [2.75, 3.05) is 12.4 Å². The van der Waals surface area contributed by atoms with Gasteiger partial charge < -0.3 is 19.6 Å². The van der Waals surface area contributed by atoms with Crippen LogP contribution in [0.4, 0.5) is 5.00 Å². The first-order valence-corrected chi connectivity index (χ1v) is 11.4. The van der Waals surface area contributed by atoms with Crippen LogP contribution < -0.4 is 5.32 Å². The van der Waals surface area contributed by atoms with Gasteiger partial charge in [-0.25, -0.2) is 4.79 Å². The van der Waals surface area contributed by atoms with Crippen LogP contribution >= 0.6 is 22.9 Å². The Morgan fingerprint density at radius 3 is 2.94 bits per heavy atom. The number of carboxylic acid groups (broad SMARTS) is 1. The zero-order valence-corrected chi connectivity index (χ0v) is 18.7. The Morgan fingerprint density at radius 1 is 1.31 bits per heavy atom. The lowest BCUT2D eigenvalue weighted by Crippen LogP contribution is -2.13. The molecule has 8 nitrogen and oxygen atoms in total. The van der Waals surface area contributed by atoms with Crippen LogP contribution in [0.3, 0.4) is 0 Å². The number of methoxy groups -OCH3 is 1. The van der Waals surface area contributed by atoms with Crippen molar-refractivity contribution in [1.82, 2.24) is 9.59 Å². The Labute approximate surface area is 190 Å². The average Bonchev–Trinajstić information content (AvgIpc) is 3.51. The molecule has 1 aliphatic carbocycles. The van der Waals surface area contributed by atoms with Crippen LogP contribution in [0, 0.1) is 0 Å². The fraction of sp³-hybridized carbons (Fsp3) is 0.182. The molecule has 0 fully saturated rings. The number of furan rings is 1. The first-order chi connectivity index (χ1) is 15.5. The fourth-order valence-electron chi connectivity index (χ4n) is 3.72. The lowest BCUT2D eigenvalue weighted by atomic mass is 9.92. The summed E-state index contributed by atoms with van der Waals surface area (Å²) in [6.07, 6.45) is 2.77. The summed E-state index contributed by atoms with van der Waals surface area (Å²) in [6, 6.07) is 6.91. The topological polar surface area (TPSA) is 115 Å². The Bertz CT molecular complexity index is 1400. The first-order valence-electron chi connectivity index (χ1n) is 9.73. The normalized spacial score (nSPS) is 15.3. The number of aromatic carboxylic acids is 1. The molecule has 4 aromatic rings. The van der Waals surface area contributed by atoms with E-state index in [0.29, 0.717) is 33.9 Å². The Hall–Kier alpha value is -3.50. The molecule has 1 unspecified atom stereocenters. The number of carbonyl (C=O) groups excluding carboxylic acids is 1. The first kappa shape index (κ1) is 20.4. The minimum absolute atomic E-state index is 0.0125. The van der Waals surface area contributed by atoms with Crippen LogP contribution in [0.5, 0.6) is 0 Å². The molecule has 0 bridgehead atoms. The number of nitrogens with one attached hydrogen (secondary N) is 1. The number of rotatable bonds is 5. The summed E-state index contributed by atoms with van der Waals surface area (Å²) in [7, 11) is 1.58. The molecule has 0 saturated heterocycles. The maximum atomic E-state index is 12.8. The Balaban J connectivity index is 1.50. The second-order valence-electron chi connectivity index (χ2n) is 7.37. The van der Waals surface area contributed by atoms with Gasteiger partial charge in [0.25, 0.3) is 5.91 Å². The Kier molecular flexibility index (Phi) is 5.03. The maximum Gasteiger partial charge on any atom is 0.339 e. The Morgan fingerprint density at radius 2 is 2.16 bits per heavy atom. The molecule has 32 heavy (non-hydrogen) atoms. The van der Waals surface area contributed by atoms with Crippen molar-refractivity contribution >= 4 is 55.7 Å². The molecule has 2 N–H and O–H groups in total. The van der Waals surface area contributed by atoms with E-state index >= 15 is 0 Å². The summed E-state index contributed by atoms with van der Waals surface area (Å²) in [4.78, 5) is 24.9. The highest BCUT2D eigenvalue weighted by Gasteiger charge is 2.28. The number of carbonyl (C=O) groups is 2. The quantitative estimate of drug-likeness (QED) is 0.401. The summed E-state index contributed by atoms with van der Waals surface area (Å²) in [5, 5.41) is 18.5. The van der Waals surface area contributed by atoms with Crippen LogP contribution in [0.15, 0.2) is 40.1 Å². The smallest absolute Gasteiger partial charge is 0.339 e. The van der Waals surface area contributed by atoms with Crippen LogP contribution in [-0.2, 0) is 4.74 Å². The zero-order valence-electron chi connectivity index (χ0n) is 17.0. The van der Waals surface area contributed by atoms with E-state index < -0.39 is 11.9 Å². The van der Waals surface area contributed by atoms with E-state index in [9.17, 15) is 14.7 Å². The number of amides is 1. The third-order valence-electron chi connectivity index (χ3n) is 5.40. The van der Waals surface area contributed by atoms with E-state index in [0.717, 1.165) is 28.0 Å². The number of hydrogen-bond donors (Lipinski definition) is 2. The monoisotopic (exact) mass is 467 g/mol. The van der Waals surface area contributed by atoms with Gasteiger partial charge in [0.1, 0.15) is 21.8 Å². The molecule has 0 aliphatic heterocycles. The number of nitrogens with zero attached hydrogens (tertiary/aromatic N) is 2. The van der Waals surface area contributed by atoms with Gasteiger partial charge in [-0.15, -0.1) is 16.4 Å².